The SMILES string of the molecule is CC(F)/C(=C(\C=CCF)NC(=O)C1NC=C(c2ccnc(N)c2)CN1C)N1CCCCC1. The quantitative estimate of drug-likeness (QED) is 0.558. The van der Waals surface area contributed by atoms with Gasteiger partial charge < -0.3 is 21.3 Å². The Morgan fingerprint density at radius 2 is 2.16 bits per heavy atom. The van der Waals surface area contributed by atoms with Gasteiger partial charge >= 0.3 is 0 Å². The molecule has 0 bridgehead atoms. The van der Waals surface area contributed by atoms with E-state index in [-0.39, 0.29) is 5.91 Å². The number of allylic oxidation sites excluding steroid dienone is 3. The molecule has 1 aromatic heterocycles. The fraction of sp³-hybridized carbons (Fsp3) is 0.478. The zero-order chi connectivity index (χ0) is 23.1. The summed E-state index contributed by atoms with van der Waals surface area (Å²) in [6, 6.07) is 3.63. The lowest BCUT2D eigenvalue weighted by Crippen LogP contribution is -2.54. The average Bonchev–Trinajstić information content (AvgIpc) is 2.77. The van der Waals surface area contributed by atoms with Crippen LogP contribution in [-0.4, -0.2) is 66.4 Å². The standard InChI is InChI=1S/C23H32F2N6O/c1-16(25)21(31-11-4-3-5-12-31)19(7-6-9-24)29-23(32)22-28-14-18(15-30(22)2)17-8-10-27-20(26)13-17/h6-8,10,13-14,16,22,28H,3-5,9,11-12,15H2,1-2H3,(H2,26,27)(H,29,32)/b7-6?,21-19-. The molecule has 2 aliphatic heterocycles. The van der Waals surface area contributed by atoms with Crippen LogP contribution in [0.1, 0.15) is 31.7 Å². The fourth-order valence-corrected chi connectivity index (χ4v) is 4.14. The number of anilines is 1. The summed E-state index contributed by atoms with van der Waals surface area (Å²) in [4.78, 5) is 20.9. The van der Waals surface area contributed by atoms with Crippen molar-refractivity contribution in [1.82, 2.24) is 25.4 Å². The van der Waals surface area contributed by atoms with Crippen LogP contribution < -0.4 is 16.4 Å². The highest BCUT2D eigenvalue weighted by molar-refractivity contribution is 5.85. The van der Waals surface area contributed by atoms with Crippen LogP contribution >= 0.6 is 0 Å². The summed E-state index contributed by atoms with van der Waals surface area (Å²) in [6.45, 7) is 2.69. The number of pyridine rings is 1. The summed E-state index contributed by atoms with van der Waals surface area (Å²) < 4.78 is 27.5. The monoisotopic (exact) mass is 446 g/mol. The van der Waals surface area contributed by atoms with Crippen molar-refractivity contribution in [2.45, 2.75) is 38.5 Å². The lowest BCUT2D eigenvalue weighted by Gasteiger charge is -2.35. The van der Waals surface area contributed by atoms with Crippen molar-refractivity contribution in [2.75, 3.05) is 39.1 Å². The third-order valence-electron chi connectivity index (χ3n) is 5.66. The number of amides is 1. The zero-order valence-electron chi connectivity index (χ0n) is 18.7. The first-order valence-electron chi connectivity index (χ1n) is 10.9. The first-order valence-corrected chi connectivity index (χ1v) is 10.9. The van der Waals surface area contributed by atoms with Crippen LogP contribution in [0.5, 0.6) is 0 Å². The van der Waals surface area contributed by atoms with Crippen molar-refractivity contribution in [1.29, 1.82) is 0 Å². The number of hydrogen-bond donors (Lipinski definition) is 3. The second-order valence-electron chi connectivity index (χ2n) is 8.13. The lowest BCUT2D eigenvalue weighted by molar-refractivity contribution is -0.125. The molecule has 174 valence electrons. The molecule has 1 amide bonds. The van der Waals surface area contributed by atoms with Crippen LogP contribution in [0.25, 0.3) is 5.57 Å². The van der Waals surface area contributed by atoms with Gasteiger partial charge in [0.15, 0.2) is 6.17 Å². The fourth-order valence-electron chi connectivity index (χ4n) is 4.14. The van der Waals surface area contributed by atoms with Crippen LogP contribution in [0.2, 0.25) is 0 Å². The summed E-state index contributed by atoms with van der Waals surface area (Å²) in [5.41, 5.74) is 8.35. The number of rotatable bonds is 7. The Hall–Kier alpha value is -2.94. The van der Waals surface area contributed by atoms with Crippen molar-refractivity contribution < 1.29 is 13.6 Å². The number of nitrogens with zero attached hydrogens (tertiary/aromatic N) is 3. The maximum absolute atomic E-state index is 14.6. The lowest BCUT2D eigenvalue weighted by atomic mass is 10.1. The van der Waals surface area contributed by atoms with Crippen molar-refractivity contribution in [3.05, 3.63) is 53.6 Å². The molecule has 0 aliphatic carbocycles. The number of nitrogens with two attached hydrogens (primary N) is 1. The van der Waals surface area contributed by atoms with Crippen molar-refractivity contribution >= 4 is 17.3 Å². The number of carbonyl (C=O) groups excluding carboxylic acids is 1. The van der Waals surface area contributed by atoms with Gasteiger partial charge in [-0.25, -0.2) is 13.8 Å². The molecule has 9 heteroatoms. The third kappa shape index (κ3) is 5.85. The zero-order valence-corrected chi connectivity index (χ0v) is 18.7. The van der Waals surface area contributed by atoms with Gasteiger partial charge in [0.2, 0.25) is 0 Å². The topological polar surface area (TPSA) is 86.5 Å². The molecule has 2 atom stereocenters. The minimum Gasteiger partial charge on any atom is -0.384 e. The van der Waals surface area contributed by atoms with E-state index in [4.69, 9.17) is 5.73 Å². The molecular weight excluding hydrogens is 414 g/mol. The highest BCUT2D eigenvalue weighted by Crippen LogP contribution is 2.23. The number of nitrogens with one attached hydrogen (secondary N) is 2. The van der Waals surface area contributed by atoms with E-state index in [0.29, 0.717) is 23.8 Å². The molecule has 2 unspecified atom stereocenters. The van der Waals surface area contributed by atoms with E-state index in [0.717, 1.165) is 43.5 Å². The van der Waals surface area contributed by atoms with Crippen molar-refractivity contribution in [2.24, 2.45) is 0 Å². The van der Waals surface area contributed by atoms with E-state index >= 15 is 0 Å². The van der Waals surface area contributed by atoms with Crippen LogP contribution in [0, 0.1) is 0 Å². The van der Waals surface area contributed by atoms with Crippen LogP contribution in [0.15, 0.2) is 48.1 Å². The number of likely N-dealkylation sites (N-methyl/N-ethyl adjacent to an activating group) is 1. The van der Waals surface area contributed by atoms with E-state index < -0.39 is 19.0 Å². The molecule has 0 spiro atoms. The maximum atomic E-state index is 14.6. The van der Waals surface area contributed by atoms with Crippen LogP contribution in [0.4, 0.5) is 14.6 Å². The van der Waals surface area contributed by atoms with E-state index in [1.165, 1.54) is 19.1 Å². The van der Waals surface area contributed by atoms with Gasteiger partial charge in [0.25, 0.3) is 5.91 Å². The van der Waals surface area contributed by atoms with Crippen molar-refractivity contribution in [3.63, 3.8) is 0 Å². The summed E-state index contributed by atoms with van der Waals surface area (Å²) >= 11 is 0. The average molecular weight is 447 g/mol. The Kier molecular flexibility index (Phi) is 8.21. The van der Waals surface area contributed by atoms with Crippen molar-refractivity contribution in [3.8, 4) is 0 Å². The van der Waals surface area contributed by atoms with Gasteiger partial charge in [-0.05, 0) is 62.6 Å². The predicted molar refractivity (Wildman–Crippen MR) is 122 cm³/mol. The molecule has 2 aliphatic rings. The minimum atomic E-state index is -1.30. The smallest absolute Gasteiger partial charge is 0.262 e. The first-order chi connectivity index (χ1) is 15.4. The summed E-state index contributed by atoms with van der Waals surface area (Å²) in [5.74, 6) is 0.0802. The first kappa shape index (κ1) is 23.7. The summed E-state index contributed by atoms with van der Waals surface area (Å²) in [7, 11) is 1.82. The maximum Gasteiger partial charge on any atom is 0.262 e. The number of carbonyl (C=O) groups is 1. The van der Waals surface area contributed by atoms with Gasteiger partial charge in [-0.3, -0.25) is 9.69 Å². The van der Waals surface area contributed by atoms with Gasteiger partial charge in [0.1, 0.15) is 18.7 Å². The number of alkyl halides is 2. The van der Waals surface area contributed by atoms with Crippen LogP contribution in [-0.2, 0) is 4.79 Å². The summed E-state index contributed by atoms with van der Waals surface area (Å²) in [5, 5.41) is 5.94. The van der Waals surface area contributed by atoms with Gasteiger partial charge in [0, 0.05) is 32.0 Å². The molecule has 7 nitrogen and oxygen atoms in total. The van der Waals surface area contributed by atoms with E-state index in [1.54, 1.807) is 18.5 Å². The normalized spacial score (nSPS) is 21.6. The molecule has 1 saturated heterocycles. The molecule has 32 heavy (non-hydrogen) atoms. The van der Waals surface area contributed by atoms with Gasteiger partial charge in [-0.1, -0.05) is 6.08 Å². The number of aromatic nitrogens is 1. The Morgan fingerprint density at radius 1 is 1.41 bits per heavy atom. The Balaban J connectivity index is 1.81. The summed E-state index contributed by atoms with van der Waals surface area (Å²) in [6.07, 6.45) is 7.23. The molecule has 4 N–H and O–H groups in total. The van der Waals surface area contributed by atoms with Gasteiger partial charge in [-0.15, -0.1) is 0 Å². The molecule has 1 fully saturated rings. The number of nitrogen functional groups attached to an aromatic ring is 1. The Bertz CT molecular complexity index is 892. The van der Waals surface area contributed by atoms with E-state index in [9.17, 15) is 13.6 Å². The number of hydrogen-bond acceptors (Lipinski definition) is 6. The third-order valence-corrected chi connectivity index (χ3v) is 5.66. The Morgan fingerprint density at radius 3 is 2.78 bits per heavy atom. The largest absolute Gasteiger partial charge is 0.384 e. The highest BCUT2D eigenvalue weighted by atomic mass is 19.1. The molecule has 0 saturated carbocycles. The molecule has 0 radical (unpaired) electrons. The van der Waals surface area contributed by atoms with Gasteiger partial charge in [-0.2, -0.15) is 0 Å². The number of piperidine rings is 1. The second kappa shape index (κ2) is 11.1. The highest BCUT2D eigenvalue weighted by Gasteiger charge is 2.29. The minimum absolute atomic E-state index is 0.302. The Labute approximate surface area is 188 Å². The molecular formula is C23H32F2N6O. The number of likely N-dealkylation sites (tertiary alicyclic amines) is 1. The molecule has 3 heterocycles. The second-order valence-corrected chi connectivity index (χ2v) is 8.13. The van der Waals surface area contributed by atoms with E-state index in [2.05, 4.69) is 15.6 Å². The van der Waals surface area contributed by atoms with E-state index in [1.807, 2.05) is 22.9 Å². The molecule has 0 aromatic carbocycles. The number of halogens is 2. The van der Waals surface area contributed by atoms with Crippen LogP contribution in [0.3, 0.4) is 0 Å². The predicted octanol–water partition coefficient (Wildman–Crippen LogP) is 2.56. The van der Waals surface area contributed by atoms with Gasteiger partial charge in [0.05, 0.1) is 11.4 Å². The molecule has 3 rings (SSSR count). The molecule has 1 aromatic rings.